The molecule has 6 heteroatoms. The Morgan fingerprint density at radius 3 is 2.87 bits per heavy atom. The van der Waals surface area contributed by atoms with E-state index in [2.05, 4.69) is 9.97 Å². The normalized spacial score (nSPS) is 10.3. The topological polar surface area (TPSA) is 74.2 Å². The quantitative estimate of drug-likeness (QED) is 0.791. The third kappa shape index (κ3) is 1.73. The number of ether oxygens (including phenoxy) is 1. The van der Waals surface area contributed by atoms with Crippen LogP contribution in [0.1, 0.15) is 0 Å². The summed E-state index contributed by atoms with van der Waals surface area (Å²) < 4.78 is 10.3. The molecule has 0 aliphatic carbocycles. The number of nitrogens with two attached hydrogens (primary N) is 1. The van der Waals surface area contributed by atoms with E-state index in [0.717, 1.165) is 0 Å². The molecule has 2 N–H and O–H groups in total. The van der Waals surface area contributed by atoms with Crippen LogP contribution >= 0.6 is 11.6 Å². The maximum absolute atomic E-state index is 5.70. The molecule has 0 fully saturated rings. The molecular weight excluding hydrogens is 218 g/mol. The summed E-state index contributed by atoms with van der Waals surface area (Å²) in [5, 5.41) is 0.0553. The van der Waals surface area contributed by atoms with Gasteiger partial charge in [-0.05, 0) is 23.7 Å². The van der Waals surface area contributed by atoms with Crippen molar-refractivity contribution in [1.29, 1.82) is 0 Å². The molecule has 2 aromatic rings. The molecule has 0 aliphatic heterocycles. The van der Waals surface area contributed by atoms with Crippen LogP contribution < -0.4 is 10.5 Å². The highest BCUT2D eigenvalue weighted by Crippen LogP contribution is 2.32. The highest BCUT2D eigenvalue weighted by atomic mass is 35.5. The molecule has 0 unspecified atom stereocenters. The maximum Gasteiger partial charge on any atom is 0.225 e. The minimum Gasteiger partial charge on any atom is -0.491 e. The number of anilines is 1. The van der Waals surface area contributed by atoms with Gasteiger partial charge in [-0.25, -0.2) is 4.98 Å². The highest BCUT2D eigenvalue weighted by Gasteiger charge is 2.15. The minimum absolute atomic E-state index is 0.0553. The monoisotopic (exact) mass is 225 g/mol. The van der Waals surface area contributed by atoms with E-state index in [0.29, 0.717) is 17.2 Å². The molecule has 0 saturated carbocycles. The molecule has 0 radical (unpaired) electrons. The number of halogens is 1. The van der Waals surface area contributed by atoms with Crippen molar-refractivity contribution in [1.82, 2.24) is 9.97 Å². The van der Waals surface area contributed by atoms with Gasteiger partial charge in [-0.15, -0.1) is 0 Å². The summed E-state index contributed by atoms with van der Waals surface area (Å²) in [6, 6.07) is 3.47. The van der Waals surface area contributed by atoms with Crippen molar-refractivity contribution in [2.45, 2.75) is 0 Å². The Balaban J connectivity index is 2.64. The van der Waals surface area contributed by atoms with Gasteiger partial charge in [-0.2, -0.15) is 4.98 Å². The summed E-state index contributed by atoms with van der Waals surface area (Å²) >= 11 is 5.70. The zero-order chi connectivity index (χ0) is 10.8. The van der Waals surface area contributed by atoms with Gasteiger partial charge < -0.3 is 14.9 Å². The lowest BCUT2D eigenvalue weighted by molar-refractivity contribution is 0.413. The fraction of sp³-hybridized carbons (Fsp3) is 0.111. The number of hydrogen-bond donors (Lipinski definition) is 1. The average molecular weight is 226 g/mol. The van der Waals surface area contributed by atoms with E-state index in [1.165, 1.54) is 13.4 Å². The van der Waals surface area contributed by atoms with Gasteiger partial charge in [0.2, 0.25) is 5.28 Å². The van der Waals surface area contributed by atoms with Gasteiger partial charge in [0.1, 0.15) is 0 Å². The first-order valence-electron chi connectivity index (χ1n) is 4.13. The number of furan rings is 1. The second kappa shape index (κ2) is 3.78. The smallest absolute Gasteiger partial charge is 0.225 e. The Kier molecular flexibility index (Phi) is 2.47. The second-order valence-corrected chi connectivity index (χ2v) is 3.08. The summed E-state index contributed by atoms with van der Waals surface area (Å²) in [7, 11) is 1.48. The number of nitrogens with zero attached hydrogens (tertiary/aromatic N) is 2. The fourth-order valence-corrected chi connectivity index (χ4v) is 1.40. The molecule has 2 rings (SSSR count). The Morgan fingerprint density at radius 1 is 1.47 bits per heavy atom. The molecule has 0 aliphatic rings. The number of methoxy groups -OCH3 is 1. The first kappa shape index (κ1) is 9.79. The number of aromatic nitrogens is 2. The van der Waals surface area contributed by atoms with Crippen molar-refractivity contribution in [3.05, 3.63) is 23.7 Å². The summed E-state index contributed by atoms with van der Waals surface area (Å²) in [4.78, 5) is 7.78. The highest BCUT2D eigenvalue weighted by molar-refractivity contribution is 6.28. The molecule has 0 amide bonds. The van der Waals surface area contributed by atoms with Gasteiger partial charge in [0.05, 0.1) is 13.4 Å². The fourth-order valence-electron chi connectivity index (χ4n) is 1.22. The molecule has 15 heavy (non-hydrogen) atoms. The molecule has 0 atom stereocenters. The lowest BCUT2D eigenvalue weighted by atomic mass is 10.3. The van der Waals surface area contributed by atoms with Crippen LogP contribution in [0.4, 0.5) is 5.82 Å². The van der Waals surface area contributed by atoms with Crippen LogP contribution in [0.25, 0.3) is 11.5 Å². The molecular formula is C9H8ClN3O2. The molecule has 2 aromatic heterocycles. The van der Waals surface area contributed by atoms with Crippen LogP contribution in [-0.2, 0) is 0 Å². The first-order valence-corrected chi connectivity index (χ1v) is 4.51. The van der Waals surface area contributed by atoms with Crippen LogP contribution in [0.5, 0.6) is 5.75 Å². The molecule has 78 valence electrons. The van der Waals surface area contributed by atoms with Crippen LogP contribution in [0.2, 0.25) is 5.28 Å². The van der Waals surface area contributed by atoms with Crippen LogP contribution in [0.3, 0.4) is 0 Å². The Morgan fingerprint density at radius 2 is 2.27 bits per heavy atom. The van der Waals surface area contributed by atoms with Crippen molar-refractivity contribution in [2.24, 2.45) is 0 Å². The standard InChI is InChI=1S/C9H8ClN3O2/c1-14-7-6(5-3-2-4-15-5)12-9(10)13-8(7)11/h2-4H,1H3,(H2,11,12,13). The van der Waals surface area contributed by atoms with Gasteiger partial charge in [0, 0.05) is 0 Å². The van der Waals surface area contributed by atoms with Crippen molar-refractivity contribution in [2.75, 3.05) is 12.8 Å². The molecule has 0 saturated heterocycles. The Bertz CT molecular complexity index is 470. The average Bonchev–Trinajstić information content (AvgIpc) is 2.69. The van der Waals surface area contributed by atoms with Crippen LogP contribution in [-0.4, -0.2) is 17.1 Å². The third-order valence-electron chi connectivity index (χ3n) is 1.82. The number of rotatable bonds is 2. The van der Waals surface area contributed by atoms with E-state index in [4.69, 9.17) is 26.5 Å². The summed E-state index contributed by atoms with van der Waals surface area (Å²) in [5.74, 6) is 1.07. The first-order chi connectivity index (χ1) is 7.22. The van der Waals surface area contributed by atoms with Gasteiger partial charge in [-0.1, -0.05) is 0 Å². The SMILES string of the molecule is COc1c(N)nc(Cl)nc1-c1ccco1. The van der Waals surface area contributed by atoms with Crippen molar-refractivity contribution >= 4 is 17.4 Å². The molecule has 0 aromatic carbocycles. The molecule has 5 nitrogen and oxygen atoms in total. The predicted octanol–water partition coefficient (Wildman–Crippen LogP) is 1.98. The lowest BCUT2D eigenvalue weighted by Gasteiger charge is -2.07. The summed E-state index contributed by atoms with van der Waals surface area (Å²) in [6.45, 7) is 0. The minimum atomic E-state index is 0.0553. The van der Waals surface area contributed by atoms with E-state index in [9.17, 15) is 0 Å². The largest absolute Gasteiger partial charge is 0.491 e. The number of nitrogen functional groups attached to an aromatic ring is 1. The predicted molar refractivity (Wildman–Crippen MR) is 55.7 cm³/mol. The van der Waals surface area contributed by atoms with Crippen molar-refractivity contribution in [3.8, 4) is 17.2 Å². The lowest BCUT2D eigenvalue weighted by Crippen LogP contribution is -2.00. The van der Waals surface area contributed by atoms with E-state index in [1.807, 2.05) is 0 Å². The molecule has 0 spiro atoms. The summed E-state index contributed by atoms with van der Waals surface area (Å²) in [5.41, 5.74) is 6.08. The zero-order valence-corrected chi connectivity index (χ0v) is 8.65. The summed E-state index contributed by atoms with van der Waals surface area (Å²) in [6.07, 6.45) is 1.53. The van der Waals surface area contributed by atoms with Crippen LogP contribution in [0, 0.1) is 0 Å². The van der Waals surface area contributed by atoms with E-state index < -0.39 is 0 Å². The van der Waals surface area contributed by atoms with E-state index in [1.54, 1.807) is 12.1 Å². The van der Waals surface area contributed by atoms with Gasteiger partial charge in [0.15, 0.2) is 23.0 Å². The number of hydrogen-bond acceptors (Lipinski definition) is 5. The molecule has 0 bridgehead atoms. The van der Waals surface area contributed by atoms with E-state index >= 15 is 0 Å². The molecule has 2 heterocycles. The van der Waals surface area contributed by atoms with Crippen LogP contribution in [0.15, 0.2) is 22.8 Å². The Labute approximate surface area is 90.8 Å². The van der Waals surface area contributed by atoms with Gasteiger partial charge >= 0.3 is 0 Å². The second-order valence-electron chi connectivity index (χ2n) is 2.74. The Hall–Kier alpha value is -1.75. The zero-order valence-electron chi connectivity index (χ0n) is 7.90. The third-order valence-corrected chi connectivity index (χ3v) is 1.99. The van der Waals surface area contributed by atoms with Gasteiger partial charge in [-0.3, -0.25) is 0 Å². The maximum atomic E-state index is 5.70. The van der Waals surface area contributed by atoms with Crippen molar-refractivity contribution in [3.63, 3.8) is 0 Å². The van der Waals surface area contributed by atoms with Crippen molar-refractivity contribution < 1.29 is 9.15 Å². The van der Waals surface area contributed by atoms with Gasteiger partial charge in [0.25, 0.3) is 0 Å². The van der Waals surface area contributed by atoms with E-state index in [-0.39, 0.29) is 11.1 Å².